The molecular formula is C23H23F3N8O4S2. The third kappa shape index (κ3) is 4.68. The standard InChI is InChI=1S/C23H23F3N8O4S2/c1-13-17-15(32-5-7-33(8-6-32)20(35)16-2-9-38-16)10-14(40(36,37)31-22(12-27)3-4-22)11-34(17)18(28-13)19-29-30-21(39-19)23(24,25)26/h10-11,16,31H,2-9H2,1H3. The lowest BCUT2D eigenvalue weighted by molar-refractivity contribution is -0.156. The van der Waals surface area contributed by atoms with Crippen LogP contribution in [0.1, 0.15) is 30.0 Å². The first kappa shape index (κ1) is 26.9. The molecule has 6 rings (SSSR count). The molecule has 40 heavy (non-hydrogen) atoms. The number of nitrogens with zero attached hydrogens (tertiary/aromatic N) is 7. The van der Waals surface area contributed by atoms with Gasteiger partial charge in [-0.2, -0.15) is 23.2 Å². The van der Waals surface area contributed by atoms with Crippen molar-refractivity contribution in [1.29, 1.82) is 5.26 Å². The van der Waals surface area contributed by atoms with Crippen molar-refractivity contribution in [3.63, 3.8) is 0 Å². The molecule has 3 aromatic rings. The van der Waals surface area contributed by atoms with Gasteiger partial charge in [0.05, 0.1) is 29.6 Å². The molecule has 0 spiro atoms. The number of fused-ring (bicyclic) bond motifs is 1. The Labute approximate surface area is 230 Å². The Morgan fingerprint density at radius 1 is 1.25 bits per heavy atom. The first-order valence-electron chi connectivity index (χ1n) is 12.5. The molecule has 1 unspecified atom stereocenters. The van der Waals surface area contributed by atoms with E-state index in [4.69, 9.17) is 4.74 Å². The first-order chi connectivity index (χ1) is 18.9. The summed E-state index contributed by atoms with van der Waals surface area (Å²) in [6, 6.07) is 3.46. The van der Waals surface area contributed by atoms with Gasteiger partial charge in [0.25, 0.3) is 5.91 Å². The Balaban J connectivity index is 1.42. The lowest BCUT2D eigenvalue weighted by Crippen LogP contribution is -2.54. The van der Waals surface area contributed by atoms with Crippen LogP contribution < -0.4 is 9.62 Å². The number of hydrogen-bond donors (Lipinski definition) is 1. The van der Waals surface area contributed by atoms with E-state index < -0.39 is 32.9 Å². The van der Waals surface area contributed by atoms with Crippen LogP contribution in [0.3, 0.4) is 0 Å². The Kier molecular flexibility index (Phi) is 6.29. The van der Waals surface area contributed by atoms with E-state index in [0.717, 1.165) is 0 Å². The minimum Gasteiger partial charge on any atom is -0.368 e. The second kappa shape index (κ2) is 9.36. The summed E-state index contributed by atoms with van der Waals surface area (Å²) in [7, 11) is -4.20. The van der Waals surface area contributed by atoms with Crippen molar-refractivity contribution in [2.75, 3.05) is 37.7 Å². The monoisotopic (exact) mass is 596 g/mol. The third-order valence-corrected chi connectivity index (χ3v) is 9.70. The predicted molar refractivity (Wildman–Crippen MR) is 135 cm³/mol. The average molecular weight is 597 g/mol. The van der Waals surface area contributed by atoms with Crippen molar-refractivity contribution in [2.45, 2.75) is 48.9 Å². The SMILES string of the molecule is Cc1nc(-c2nnc(C(F)(F)F)s2)n2cc(S(=O)(=O)NC3(C#N)CC3)cc(N3CCN(C(=O)C4CCO4)CC3)c12. The van der Waals surface area contributed by atoms with Crippen molar-refractivity contribution in [1.82, 2.24) is 29.2 Å². The quantitative estimate of drug-likeness (QED) is 0.451. The molecule has 3 aliphatic rings. The number of piperazine rings is 1. The van der Waals surface area contributed by atoms with Gasteiger partial charge in [-0.25, -0.2) is 13.4 Å². The molecule has 5 heterocycles. The van der Waals surface area contributed by atoms with Crippen LogP contribution >= 0.6 is 11.3 Å². The predicted octanol–water partition coefficient (Wildman–Crippen LogP) is 1.95. The molecule has 212 valence electrons. The third-order valence-electron chi connectivity index (χ3n) is 7.23. The Morgan fingerprint density at radius 2 is 1.95 bits per heavy atom. The molecule has 0 bridgehead atoms. The Hall–Kier alpha value is -3.33. The molecule has 1 N–H and O–H groups in total. The Bertz CT molecular complexity index is 1650. The number of imidazole rings is 1. The molecule has 3 fully saturated rings. The normalized spacial score (nSPS) is 20.8. The van der Waals surface area contributed by atoms with Crippen LogP contribution in [-0.4, -0.2) is 83.2 Å². The number of hydrogen-bond acceptors (Lipinski definition) is 10. The Morgan fingerprint density at radius 3 is 2.50 bits per heavy atom. The minimum atomic E-state index is -4.70. The highest BCUT2D eigenvalue weighted by atomic mass is 32.2. The topological polar surface area (TPSA) is 146 Å². The fourth-order valence-corrected chi connectivity index (χ4v) is 6.89. The molecule has 0 radical (unpaired) electrons. The number of alkyl halides is 3. The molecule has 2 saturated heterocycles. The first-order valence-corrected chi connectivity index (χ1v) is 14.8. The lowest BCUT2D eigenvalue weighted by Gasteiger charge is -2.39. The van der Waals surface area contributed by atoms with Crippen LogP contribution in [0.2, 0.25) is 0 Å². The van der Waals surface area contributed by atoms with E-state index in [1.807, 2.05) is 11.0 Å². The number of pyridine rings is 1. The van der Waals surface area contributed by atoms with Crippen LogP contribution in [0.15, 0.2) is 17.2 Å². The van der Waals surface area contributed by atoms with E-state index >= 15 is 0 Å². The number of ether oxygens (including phenoxy) is 1. The fourth-order valence-electron chi connectivity index (χ4n) is 4.79. The maximum atomic E-state index is 13.4. The number of aromatic nitrogens is 4. The second-order valence-corrected chi connectivity index (χ2v) is 12.6. The zero-order valence-corrected chi connectivity index (χ0v) is 22.7. The van der Waals surface area contributed by atoms with E-state index in [0.29, 0.717) is 80.3 Å². The maximum Gasteiger partial charge on any atom is 0.445 e. The van der Waals surface area contributed by atoms with Crippen molar-refractivity contribution in [3.8, 4) is 16.9 Å². The van der Waals surface area contributed by atoms with E-state index in [1.165, 1.54) is 16.7 Å². The van der Waals surface area contributed by atoms with E-state index in [2.05, 4.69) is 19.9 Å². The summed E-state index contributed by atoms with van der Waals surface area (Å²) in [5.74, 6) is -0.0708. The van der Waals surface area contributed by atoms with Crippen LogP contribution in [-0.2, 0) is 25.7 Å². The van der Waals surface area contributed by atoms with Gasteiger partial charge in [-0.1, -0.05) is 11.3 Å². The minimum absolute atomic E-state index is 0.0103. The number of rotatable bonds is 6. The maximum absolute atomic E-state index is 13.4. The summed E-state index contributed by atoms with van der Waals surface area (Å²) in [5.41, 5.74) is 0.232. The molecule has 1 aliphatic carbocycles. The van der Waals surface area contributed by atoms with Crippen LogP contribution in [0.25, 0.3) is 16.3 Å². The van der Waals surface area contributed by atoms with Gasteiger partial charge in [-0.3, -0.25) is 9.20 Å². The van der Waals surface area contributed by atoms with Gasteiger partial charge in [0, 0.05) is 38.8 Å². The zero-order chi connectivity index (χ0) is 28.4. The van der Waals surface area contributed by atoms with Crippen LogP contribution in [0.4, 0.5) is 18.9 Å². The molecule has 12 nitrogen and oxygen atoms in total. The number of amides is 1. The fraction of sp³-hybridized carbons (Fsp3) is 0.522. The summed E-state index contributed by atoms with van der Waals surface area (Å²) in [6.45, 7) is 3.74. The smallest absolute Gasteiger partial charge is 0.368 e. The highest BCUT2D eigenvalue weighted by molar-refractivity contribution is 7.89. The summed E-state index contributed by atoms with van der Waals surface area (Å²) in [4.78, 5) is 20.5. The van der Waals surface area contributed by atoms with Gasteiger partial charge in [0.2, 0.25) is 15.0 Å². The summed E-state index contributed by atoms with van der Waals surface area (Å²) in [5, 5.41) is 15.1. The molecule has 1 atom stereocenters. The van der Waals surface area contributed by atoms with E-state index in [9.17, 15) is 31.6 Å². The van der Waals surface area contributed by atoms with Gasteiger partial charge in [0.15, 0.2) is 10.8 Å². The van der Waals surface area contributed by atoms with Crippen molar-refractivity contribution >= 4 is 38.5 Å². The lowest BCUT2D eigenvalue weighted by atomic mass is 10.1. The summed E-state index contributed by atoms with van der Waals surface area (Å²) >= 11 is 0.305. The molecule has 1 amide bonds. The number of nitrogens with one attached hydrogen (secondary N) is 1. The molecule has 0 aromatic carbocycles. The number of anilines is 1. The van der Waals surface area contributed by atoms with Crippen molar-refractivity contribution in [2.24, 2.45) is 0 Å². The molecule has 1 saturated carbocycles. The molecule has 17 heteroatoms. The molecular weight excluding hydrogens is 573 g/mol. The molecule has 2 aliphatic heterocycles. The van der Waals surface area contributed by atoms with Gasteiger partial charge in [-0.15, -0.1) is 10.2 Å². The average Bonchev–Trinajstić information content (AvgIpc) is 3.29. The zero-order valence-electron chi connectivity index (χ0n) is 21.1. The number of halogens is 3. The highest BCUT2D eigenvalue weighted by Gasteiger charge is 2.47. The number of nitriles is 1. The number of sulfonamides is 1. The van der Waals surface area contributed by atoms with Gasteiger partial charge in [0.1, 0.15) is 16.5 Å². The van der Waals surface area contributed by atoms with Crippen LogP contribution in [0.5, 0.6) is 0 Å². The summed E-state index contributed by atoms with van der Waals surface area (Å²) < 4.78 is 75.8. The number of aryl methyl sites for hydroxylation is 1. The van der Waals surface area contributed by atoms with Gasteiger partial charge < -0.3 is 14.5 Å². The van der Waals surface area contributed by atoms with Crippen molar-refractivity contribution in [3.05, 3.63) is 23.0 Å². The molecule has 3 aromatic heterocycles. The van der Waals surface area contributed by atoms with Crippen LogP contribution in [0, 0.1) is 18.3 Å². The van der Waals surface area contributed by atoms with E-state index in [-0.39, 0.29) is 21.6 Å². The number of carbonyl (C=O) groups excluding carboxylic acids is 1. The summed E-state index contributed by atoms with van der Waals surface area (Å²) in [6.07, 6.45) is -2.43. The second-order valence-electron chi connectivity index (χ2n) is 9.97. The van der Waals surface area contributed by atoms with Crippen molar-refractivity contribution < 1.29 is 31.1 Å². The largest absolute Gasteiger partial charge is 0.445 e. The number of carbonyl (C=O) groups is 1. The van der Waals surface area contributed by atoms with Gasteiger partial charge in [-0.05, 0) is 25.8 Å². The van der Waals surface area contributed by atoms with E-state index in [1.54, 1.807) is 11.8 Å². The van der Waals surface area contributed by atoms with Gasteiger partial charge >= 0.3 is 6.18 Å². The highest BCUT2D eigenvalue weighted by Crippen LogP contribution is 2.39.